The van der Waals surface area contributed by atoms with Crippen molar-refractivity contribution in [3.8, 4) is 0 Å². The van der Waals surface area contributed by atoms with Crippen molar-refractivity contribution in [3.05, 3.63) is 121 Å². The second-order valence-corrected chi connectivity index (χ2v) is 73.6. The summed E-state index contributed by atoms with van der Waals surface area (Å²) in [5.41, 5.74) is 1.03. The van der Waals surface area contributed by atoms with Crippen LogP contribution >= 0.6 is 0 Å². The van der Waals surface area contributed by atoms with Gasteiger partial charge in [0.05, 0.1) is 56.4 Å². The fourth-order valence-electron chi connectivity index (χ4n) is 12.0. The normalized spacial score (nSPS) is 17.2. The first-order chi connectivity index (χ1) is 46.8. The summed E-state index contributed by atoms with van der Waals surface area (Å²) in [4.78, 5) is 0. The average Bonchev–Trinajstić information content (AvgIpc) is 0.723. The Hall–Kier alpha value is -1.74. The van der Waals surface area contributed by atoms with Gasteiger partial charge in [0.2, 0.25) is 0 Å². The highest BCUT2D eigenvalue weighted by atomic mass is 28.4. The van der Waals surface area contributed by atoms with Crippen molar-refractivity contribution in [2.24, 2.45) is 5.92 Å². The molecule has 0 heterocycles. The highest BCUT2D eigenvalue weighted by molar-refractivity contribution is 6.99. The number of hydrogen-bond donors (Lipinski definition) is 2. The Kier molecular flexibility index (Phi) is 36.1. The fourth-order valence-corrected chi connectivity index (χ4v) is 24.7. The Bertz CT molecular complexity index is 2900. The van der Waals surface area contributed by atoms with E-state index in [-0.39, 0.29) is 84.4 Å². The van der Waals surface area contributed by atoms with E-state index in [0.717, 1.165) is 63.4 Å². The molecule has 0 aliphatic heterocycles. The third kappa shape index (κ3) is 29.1. The van der Waals surface area contributed by atoms with Crippen molar-refractivity contribution < 1.29 is 45.9 Å². The minimum atomic E-state index is -2.84. The van der Waals surface area contributed by atoms with Gasteiger partial charge in [-0.25, -0.2) is 0 Å². The van der Waals surface area contributed by atoms with Gasteiger partial charge in [-0.1, -0.05) is 287 Å². The Balaban J connectivity index is 2.04. The third-order valence-corrected chi connectivity index (χ3v) is 57.0. The minimum Gasteiger partial charge on any atom is -0.414 e. The second kappa shape index (κ2) is 38.9. The van der Waals surface area contributed by atoms with Crippen LogP contribution in [0.4, 0.5) is 0 Å². The number of aliphatic hydroxyl groups excluding tert-OH is 2. The van der Waals surface area contributed by atoms with Crippen LogP contribution in [0.1, 0.15) is 229 Å². The monoisotopic (exact) mass is 1550 g/mol. The van der Waals surface area contributed by atoms with Gasteiger partial charge in [-0.15, -0.1) is 0 Å². The van der Waals surface area contributed by atoms with Gasteiger partial charge in [-0.05, 0) is 187 Å². The molecule has 0 aliphatic rings. The molecule has 0 bridgehead atoms. The lowest BCUT2D eigenvalue weighted by Gasteiger charge is -2.46. The van der Waals surface area contributed by atoms with Crippen molar-refractivity contribution in [1.29, 1.82) is 0 Å². The molecule has 9 atom stereocenters. The topological polar surface area (TPSA) is 114 Å². The average molecular weight is 1550 g/mol. The molecule has 3 aromatic rings. The summed E-state index contributed by atoms with van der Waals surface area (Å²) in [6, 6.07) is 32.1. The van der Waals surface area contributed by atoms with Crippen LogP contribution in [0.15, 0.2) is 115 Å². The third-order valence-electron chi connectivity index (χ3n) is 24.9. The molecule has 0 amide bonds. The van der Waals surface area contributed by atoms with Crippen molar-refractivity contribution in [1.82, 2.24) is 0 Å². The van der Waals surface area contributed by atoms with E-state index in [0.29, 0.717) is 26.1 Å². The highest BCUT2D eigenvalue weighted by Crippen LogP contribution is 2.46. The molecule has 10 nitrogen and oxygen atoms in total. The Labute approximate surface area is 642 Å². The van der Waals surface area contributed by atoms with E-state index < -0.39 is 70.4 Å². The van der Waals surface area contributed by atoms with E-state index in [4.69, 9.17) is 35.7 Å². The van der Waals surface area contributed by atoms with Gasteiger partial charge in [0.1, 0.15) is 6.10 Å². The summed E-state index contributed by atoms with van der Waals surface area (Å²) < 4.78 is 59.1. The molecule has 0 aromatic heterocycles. The van der Waals surface area contributed by atoms with Crippen LogP contribution in [0.2, 0.25) is 114 Å². The highest BCUT2D eigenvalue weighted by Gasteiger charge is 2.52. The first kappa shape index (κ1) is 95.5. The van der Waals surface area contributed by atoms with Crippen LogP contribution in [-0.2, 0) is 42.3 Å². The Morgan fingerprint density at radius 3 is 1.19 bits per heavy atom. The van der Waals surface area contributed by atoms with Crippen LogP contribution in [0.5, 0.6) is 0 Å². The molecule has 0 unspecified atom stereocenters. The molecular weight excluding hydrogens is 1390 g/mol. The van der Waals surface area contributed by atoms with Crippen LogP contribution in [0, 0.1) is 5.92 Å². The van der Waals surface area contributed by atoms with Gasteiger partial charge in [-0.2, -0.15) is 0 Å². The lowest BCUT2D eigenvalue weighted by molar-refractivity contribution is -0.0998. The lowest BCUT2D eigenvalue weighted by atomic mass is 9.90. The summed E-state index contributed by atoms with van der Waals surface area (Å²) in [5, 5.41) is 24.3. The van der Waals surface area contributed by atoms with E-state index in [1.165, 1.54) is 10.4 Å². The standard InChI is InChI=1S/C86H160O10Si7/c1-68(79(76(88)65-87)89-66-69-50-39-35-40-51-69)64-78(96-102(33,34)85(17,18)19)77(95-101(31,32)84(14,15)16)63-46-36-41-52-70(91-97(23,24)80(2,3)4)53-47-54-71(92-98(25,26)81(5,6)7)55-48-56-72(93-99(27,28)82(8,9)10)57-49-58-73(94-100(29,30)83(11,12)13)67-90-103(86(20,21)22,74-59-42-37-43-60-74)75-61-44-38-45-62-75/h35,37-40,42-45,48-51,55,57,59-62,68,70-73,76-79,87-88H,36,41,46-47,52-54,56,58,63-67H2,1-34H3/b55-48+,57-49+/t68-,70+,71+,72+,73-,76-,77-,78-,79+/m0/s1. The molecule has 0 saturated heterocycles. The molecule has 103 heavy (non-hydrogen) atoms. The van der Waals surface area contributed by atoms with Gasteiger partial charge in [0.15, 0.2) is 49.9 Å². The maximum Gasteiger partial charge on any atom is 0.261 e. The van der Waals surface area contributed by atoms with Gasteiger partial charge in [0, 0.05) is 6.10 Å². The first-order valence-corrected chi connectivity index (χ1v) is 59.2. The maximum absolute atomic E-state index is 11.4. The second-order valence-electron chi connectivity index (χ2n) is 40.8. The van der Waals surface area contributed by atoms with Crippen LogP contribution in [0.3, 0.4) is 0 Å². The van der Waals surface area contributed by atoms with Gasteiger partial charge < -0.3 is 45.9 Å². The predicted molar refractivity (Wildman–Crippen MR) is 462 cm³/mol. The molecule has 0 saturated carbocycles. The molecular formula is C86H160O10Si7. The van der Waals surface area contributed by atoms with E-state index in [2.05, 4.69) is 316 Å². The molecule has 592 valence electrons. The van der Waals surface area contributed by atoms with Crippen molar-refractivity contribution in [2.45, 2.75) is 392 Å². The van der Waals surface area contributed by atoms with E-state index in [9.17, 15) is 10.2 Å². The fraction of sp³-hybridized carbons (Fsp3) is 0.744. The molecule has 3 aromatic carbocycles. The summed E-state index contributed by atoms with van der Waals surface area (Å²) in [7, 11) is -16.3. The number of aliphatic hydroxyl groups is 2. The quantitative estimate of drug-likeness (QED) is 0.0323. The van der Waals surface area contributed by atoms with Gasteiger partial charge in [-0.3, -0.25) is 0 Å². The van der Waals surface area contributed by atoms with Crippen molar-refractivity contribution in [2.75, 3.05) is 13.2 Å². The van der Waals surface area contributed by atoms with Crippen LogP contribution in [0.25, 0.3) is 0 Å². The maximum atomic E-state index is 11.4. The number of benzene rings is 3. The van der Waals surface area contributed by atoms with Gasteiger partial charge >= 0.3 is 0 Å². The van der Waals surface area contributed by atoms with Crippen molar-refractivity contribution >= 4 is 68.6 Å². The predicted octanol–water partition coefficient (Wildman–Crippen LogP) is 23.9. The summed E-state index contributed by atoms with van der Waals surface area (Å²) >= 11 is 0. The Morgan fingerprint density at radius 2 is 0.757 bits per heavy atom. The van der Waals surface area contributed by atoms with Crippen molar-refractivity contribution in [3.63, 3.8) is 0 Å². The van der Waals surface area contributed by atoms with E-state index >= 15 is 0 Å². The molecule has 0 fully saturated rings. The summed E-state index contributed by atoms with van der Waals surface area (Å²) in [5.74, 6) is -0.130. The molecule has 2 N–H and O–H groups in total. The summed E-state index contributed by atoms with van der Waals surface area (Å²) in [6.07, 6.45) is 17.2. The molecule has 3 rings (SSSR count). The van der Waals surface area contributed by atoms with Crippen LogP contribution in [-0.4, -0.2) is 130 Å². The van der Waals surface area contributed by atoms with Gasteiger partial charge in [0.25, 0.3) is 8.32 Å². The van der Waals surface area contributed by atoms with E-state index in [1.807, 2.05) is 30.3 Å². The zero-order valence-corrected chi connectivity index (χ0v) is 79.7. The SMILES string of the molecule is C[C@@H](C[C@H](O[Si](C)(C)C(C)(C)C)[C@H](CCCCC[C@H](CCC[C@H](/C=C/C[C@H](/C=C/C[C@@H](CO[Si](c1ccccc1)(c1ccccc1)C(C)(C)C)O[Si](C)(C)C(C)(C)C)O[Si](C)(C)C(C)(C)C)O[Si](C)(C)C(C)(C)C)O[Si](C)(C)C(C)(C)C)O[Si](C)(C)C(C)(C)C)[C@@H](OCc1ccccc1)[C@@H](O)CO. The zero-order chi connectivity index (χ0) is 78.9. The smallest absolute Gasteiger partial charge is 0.261 e. The number of unbranched alkanes of at least 4 members (excludes halogenated alkanes) is 2. The molecule has 17 heteroatoms. The summed E-state index contributed by atoms with van der Waals surface area (Å²) in [6.45, 7) is 80.3. The lowest BCUT2D eigenvalue weighted by Crippen LogP contribution is -2.67. The number of hydrogen-bond acceptors (Lipinski definition) is 10. The molecule has 0 radical (unpaired) electrons. The minimum absolute atomic E-state index is 0.0121. The number of rotatable bonds is 42. The molecule has 0 spiro atoms. The first-order valence-electron chi connectivity index (χ1n) is 39.9. The zero-order valence-electron chi connectivity index (χ0n) is 72.7. The molecule has 0 aliphatic carbocycles. The number of ether oxygens (including phenoxy) is 1. The largest absolute Gasteiger partial charge is 0.414 e. The van der Waals surface area contributed by atoms with E-state index in [1.54, 1.807) is 0 Å². The van der Waals surface area contributed by atoms with Crippen LogP contribution < -0.4 is 10.4 Å². The Morgan fingerprint density at radius 1 is 0.388 bits per heavy atom.